The monoisotopic (exact) mass is 268 g/mol. The molecule has 0 saturated carbocycles. The Morgan fingerprint density at radius 1 is 1.17 bits per heavy atom. The van der Waals surface area contributed by atoms with Gasteiger partial charge in [-0.1, -0.05) is 29.8 Å². The first-order valence-corrected chi connectivity index (χ1v) is 7.54. The van der Waals surface area contributed by atoms with Crippen molar-refractivity contribution in [3.63, 3.8) is 0 Å². The van der Waals surface area contributed by atoms with Crippen molar-refractivity contribution in [3.05, 3.63) is 42.0 Å². The van der Waals surface area contributed by atoms with E-state index in [2.05, 4.69) is 6.08 Å². The zero-order valence-electron chi connectivity index (χ0n) is 10.9. The van der Waals surface area contributed by atoms with Crippen LogP contribution in [0.25, 0.3) is 0 Å². The molecule has 0 spiro atoms. The molecule has 1 aromatic carbocycles. The average molecular weight is 268 g/mol. The number of allylic oxidation sites excluding steroid dienone is 2. The highest BCUT2D eigenvalue weighted by molar-refractivity contribution is 7.86. The van der Waals surface area contributed by atoms with Crippen LogP contribution in [0.3, 0.4) is 0 Å². The first-order chi connectivity index (χ1) is 8.56. The van der Waals surface area contributed by atoms with Gasteiger partial charge in [-0.25, -0.2) is 0 Å². The Bertz CT molecular complexity index is 472. The SMILES string of the molecule is C/C=C/CCCCOS(=O)(=O)c1ccc(C)cc1. The Morgan fingerprint density at radius 3 is 2.44 bits per heavy atom. The normalized spacial score (nSPS) is 12.1. The molecule has 18 heavy (non-hydrogen) atoms. The second kappa shape index (κ2) is 7.34. The van der Waals surface area contributed by atoms with Crippen LogP contribution in [0, 0.1) is 6.92 Å². The molecule has 0 unspecified atom stereocenters. The van der Waals surface area contributed by atoms with E-state index in [-0.39, 0.29) is 11.5 Å². The number of rotatable bonds is 7. The van der Waals surface area contributed by atoms with Crippen LogP contribution >= 0.6 is 0 Å². The quantitative estimate of drug-likeness (QED) is 0.432. The van der Waals surface area contributed by atoms with Gasteiger partial charge in [0.15, 0.2) is 0 Å². The van der Waals surface area contributed by atoms with Crippen molar-refractivity contribution < 1.29 is 12.6 Å². The van der Waals surface area contributed by atoms with Gasteiger partial charge in [0.2, 0.25) is 0 Å². The molecule has 0 N–H and O–H groups in total. The summed E-state index contributed by atoms with van der Waals surface area (Å²) in [5, 5.41) is 0. The third-order valence-corrected chi connectivity index (χ3v) is 3.88. The molecule has 0 fully saturated rings. The Hall–Kier alpha value is -1.13. The van der Waals surface area contributed by atoms with Crippen LogP contribution in [0.2, 0.25) is 0 Å². The highest BCUT2D eigenvalue weighted by atomic mass is 32.2. The molecule has 0 aliphatic heterocycles. The summed E-state index contributed by atoms with van der Waals surface area (Å²) in [4.78, 5) is 0.224. The minimum atomic E-state index is -3.59. The van der Waals surface area contributed by atoms with E-state index in [0.29, 0.717) is 0 Å². The zero-order chi connectivity index (χ0) is 13.4. The summed E-state index contributed by atoms with van der Waals surface area (Å²) >= 11 is 0. The fraction of sp³-hybridized carbons (Fsp3) is 0.429. The lowest BCUT2D eigenvalue weighted by molar-refractivity contribution is 0.309. The van der Waals surface area contributed by atoms with Gasteiger partial charge in [0, 0.05) is 0 Å². The molecule has 0 aliphatic rings. The Balaban J connectivity index is 2.43. The maximum absolute atomic E-state index is 11.8. The summed E-state index contributed by atoms with van der Waals surface area (Å²) in [6.07, 6.45) is 6.70. The number of hydrogen-bond acceptors (Lipinski definition) is 3. The van der Waals surface area contributed by atoms with E-state index in [1.807, 2.05) is 19.9 Å². The summed E-state index contributed by atoms with van der Waals surface area (Å²) in [6, 6.07) is 6.68. The maximum Gasteiger partial charge on any atom is 0.296 e. The van der Waals surface area contributed by atoms with Crippen LogP contribution in [-0.4, -0.2) is 15.0 Å². The van der Waals surface area contributed by atoms with Gasteiger partial charge in [-0.15, -0.1) is 0 Å². The van der Waals surface area contributed by atoms with Crippen LogP contribution in [0.5, 0.6) is 0 Å². The third-order valence-electron chi connectivity index (χ3n) is 2.55. The largest absolute Gasteiger partial charge is 0.296 e. The summed E-state index contributed by atoms with van der Waals surface area (Å²) in [7, 11) is -3.59. The lowest BCUT2D eigenvalue weighted by atomic mass is 10.2. The molecule has 0 heterocycles. The van der Waals surface area contributed by atoms with Gasteiger partial charge in [0.25, 0.3) is 10.1 Å². The summed E-state index contributed by atoms with van der Waals surface area (Å²) < 4.78 is 28.6. The highest BCUT2D eigenvalue weighted by Crippen LogP contribution is 2.13. The van der Waals surface area contributed by atoms with Crippen molar-refractivity contribution >= 4 is 10.1 Å². The molecule has 0 atom stereocenters. The minimum absolute atomic E-state index is 0.224. The molecule has 0 saturated heterocycles. The predicted octanol–water partition coefficient (Wildman–Crippen LogP) is 3.45. The van der Waals surface area contributed by atoms with E-state index in [4.69, 9.17) is 4.18 Å². The molecule has 0 amide bonds. The molecule has 1 aromatic rings. The minimum Gasteiger partial charge on any atom is -0.266 e. The molecule has 0 radical (unpaired) electrons. The smallest absolute Gasteiger partial charge is 0.266 e. The van der Waals surface area contributed by atoms with E-state index in [1.165, 1.54) is 0 Å². The van der Waals surface area contributed by atoms with E-state index >= 15 is 0 Å². The molecule has 0 aliphatic carbocycles. The molecule has 1 rings (SSSR count). The summed E-state index contributed by atoms with van der Waals surface area (Å²) in [5.74, 6) is 0. The molecular formula is C14H20O3S. The summed E-state index contributed by atoms with van der Waals surface area (Å²) in [6.45, 7) is 4.13. The average Bonchev–Trinajstić information content (AvgIpc) is 2.34. The Kier molecular flexibility index (Phi) is 6.09. The van der Waals surface area contributed by atoms with Crippen molar-refractivity contribution in [1.82, 2.24) is 0 Å². The van der Waals surface area contributed by atoms with Crippen molar-refractivity contribution in [1.29, 1.82) is 0 Å². The second-order valence-corrected chi connectivity index (χ2v) is 5.77. The second-order valence-electron chi connectivity index (χ2n) is 4.15. The van der Waals surface area contributed by atoms with Crippen molar-refractivity contribution in [2.75, 3.05) is 6.61 Å². The lowest BCUT2D eigenvalue weighted by Crippen LogP contribution is -2.07. The summed E-state index contributed by atoms with van der Waals surface area (Å²) in [5.41, 5.74) is 1.03. The first kappa shape index (κ1) is 14.9. The number of benzene rings is 1. The third kappa shape index (κ3) is 5.02. The van der Waals surface area contributed by atoms with Gasteiger partial charge in [0.1, 0.15) is 0 Å². The van der Waals surface area contributed by atoms with Crippen LogP contribution in [0.15, 0.2) is 41.3 Å². The van der Waals surface area contributed by atoms with Crippen LogP contribution in [0.1, 0.15) is 31.7 Å². The van der Waals surface area contributed by atoms with Crippen molar-refractivity contribution in [2.24, 2.45) is 0 Å². The van der Waals surface area contributed by atoms with Gasteiger partial charge in [0.05, 0.1) is 11.5 Å². The number of unbranched alkanes of at least 4 members (excludes halogenated alkanes) is 2. The molecule has 0 aromatic heterocycles. The van der Waals surface area contributed by atoms with E-state index < -0.39 is 10.1 Å². The van der Waals surface area contributed by atoms with E-state index in [0.717, 1.165) is 24.8 Å². The zero-order valence-corrected chi connectivity index (χ0v) is 11.7. The van der Waals surface area contributed by atoms with Gasteiger partial charge < -0.3 is 0 Å². The molecule has 3 nitrogen and oxygen atoms in total. The molecule has 4 heteroatoms. The van der Waals surface area contributed by atoms with Gasteiger partial charge in [-0.05, 0) is 45.2 Å². The van der Waals surface area contributed by atoms with E-state index in [9.17, 15) is 8.42 Å². The van der Waals surface area contributed by atoms with Gasteiger partial charge >= 0.3 is 0 Å². The lowest BCUT2D eigenvalue weighted by Gasteiger charge is -2.05. The fourth-order valence-corrected chi connectivity index (χ4v) is 2.42. The Morgan fingerprint density at radius 2 is 1.83 bits per heavy atom. The standard InChI is InChI=1S/C14H20O3S/c1-3-4-5-6-7-12-17-18(15,16)14-10-8-13(2)9-11-14/h3-4,8-11H,5-7,12H2,1-2H3/b4-3+. The maximum atomic E-state index is 11.8. The van der Waals surface area contributed by atoms with Crippen molar-refractivity contribution in [3.8, 4) is 0 Å². The highest BCUT2D eigenvalue weighted by Gasteiger charge is 2.13. The van der Waals surface area contributed by atoms with Crippen LogP contribution < -0.4 is 0 Å². The van der Waals surface area contributed by atoms with Gasteiger partial charge in [-0.2, -0.15) is 8.42 Å². The van der Waals surface area contributed by atoms with E-state index in [1.54, 1.807) is 24.3 Å². The predicted molar refractivity (Wildman–Crippen MR) is 73.0 cm³/mol. The molecule has 100 valence electrons. The Labute approximate surface area is 110 Å². The number of aryl methyl sites for hydroxylation is 1. The fourth-order valence-electron chi connectivity index (χ4n) is 1.47. The molecule has 0 bridgehead atoms. The first-order valence-electron chi connectivity index (χ1n) is 6.13. The van der Waals surface area contributed by atoms with Crippen LogP contribution in [0.4, 0.5) is 0 Å². The molecular weight excluding hydrogens is 248 g/mol. The van der Waals surface area contributed by atoms with Crippen molar-refractivity contribution in [2.45, 2.75) is 38.0 Å². The topological polar surface area (TPSA) is 43.4 Å². The van der Waals surface area contributed by atoms with Crippen LogP contribution in [-0.2, 0) is 14.3 Å². The number of hydrogen-bond donors (Lipinski definition) is 0. The van der Waals surface area contributed by atoms with Gasteiger partial charge in [-0.3, -0.25) is 4.18 Å².